The fraction of sp³-hybridized carbons (Fsp3) is 0.300. The SMILES string of the molecule is CN(CC(=O)NCCc1ccc(F)cc1)CC(=O)Nc1ccc(Cl)c(C(F)(F)F)c1. The standard InChI is InChI=1S/C20H20ClF4N3O2/c1-28(11-18(29)26-9-8-13-2-4-14(22)5-3-13)12-19(30)27-15-6-7-17(21)16(10-15)20(23,24)25/h2-7,10H,8-9,11-12H2,1H3,(H,26,29)(H,27,30). The first-order chi connectivity index (χ1) is 14.0. The van der Waals surface area contributed by atoms with Crippen molar-refractivity contribution in [2.75, 3.05) is 32.0 Å². The summed E-state index contributed by atoms with van der Waals surface area (Å²) in [5.74, 6) is -1.23. The third kappa shape index (κ3) is 7.64. The molecule has 0 aliphatic heterocycles. The minimum atomic E-state index is -4.64. The Morgan fingerprint density at radius 1 is 1.03 bits per heavy atom. The van der Waals surface area contributed by atoms with Crippen LogP contribution in [0, 0.1) is 5.82 Å². The van der Waals surface area contributed by atoms with E-state index in [9.17, 15) is 27.2 Å². The number of benzene rings is 2. The topological polar surface area (TPSA) is 61.4 Å². The fourth-order valence-corrected chi connectivity index (χ4v) is 2.84. The quantitative estimate of drug-likeness (QED) is 0.609. The van der Waals surface area contributed by atoms with Crippen LogP contribution >= 0.6 is 11.6 Å². The number of alkyl halides is 3. The Morgan fingerprint density at radius 2 is 1.67 bits per heavy atom. The number of likely N-dealkylation sites (N-methyl/N-ethyl adjacent to an activating group) is 1. The van der Waals surface area contributed by atoms with Gasteiger partial charge in [-0.05, 0) is 49.4 Å². The van der Waals surface area contributed by atoms with Gasteiger partial charge in [0, 0.05) is 12.2 Å². The van der Waals surface area contributed by atoms with Gasteiger partial charge in [-0.2, -0.15) is 13.2 Å². The second-order valence-electron chi connectivity index (χ2n) is 6.64. The summed E-state index contributed by atoms with van der Waals surface area (Å²) >= 11 is 5.54. The van der Waals surface area contributed by atoms with Crippen LogP contribution < -0.4 is 10.6 Å². The van der Waals surface area contributed by atoms with Crippen LogP contribution in [-0.2, 0) is 22.2 Å². The second-order valence-corrected chi connectivity index (χ2v) is 7.05. The molecule has 0 saturated carbocycles. The number of halogens is 5. The molecule has 2 N–H and O–H groups in total. The fourth-order valence-electron chi connectivity index (χ4n) is 2.62. The van der Waals surface area contributed by atoms with Crippen LogP contribution in [0.2, 0.25) is 5.02 Å². The van der Waals surface area contributed by atoms with E-state index in [-0.39, 0.29) is 30.5 Å². The number of carbonyl (C=O) groups excluding carboxylic acids is 2. The van der Waals surface area contributed by atoms with Crippen molar-refractivity contribution in [1.82, 2.24) is 10.2 Å². The molecule has 0 aromatic heterocycles. The number of nitrogens with one attached hydrogen (secondary N) is 2. The molecule has 30 heavy (non-hydrogen) atoms. The van der Waals surface area contributed by atoms with Crippen LogP contribution in [0.1, 0.15) is 11.1 Å². The smallest absolute Gasteiger partial charge is 0.355 e. The van der Waals surface area contributed by atoms with Crippen LogP contribution in [0.15, 0.2) is 42.5 Å². The molecule has 2 amide bonds. The zero-order valence-corrected chi connectivity index (χ0v) is 16.8. The van der Waals surface area contributed by atoms with Crippen molar-refractivity contribution in [2.24, 2.45) is 0 Å². The molecule has 0 bridgehead atoms. The molecule has 0 fully saturated rings. The van der Waals surface area contributed by atoms with E-state index in [0.29, 0.717) is 13.0 Å². The zero-order chi connectivity index (χ0) is 22.3. The van der Waals surface area contributed by atoms with Gasteiger partial charge in [0.05, 0.1) is 23.7 Å². The van der Waals surface area contributed by atoms with Crippen molar-refractivity contribution >= 4 is 29.1 Å². The molecule has 0 aliphatic carbocycles. The predicted molar refractivity (Wildman–Crippen MR) is 106 cm³/mol. The maximum atomic E-state index is 12.9. The lowest BCUT2D eigenvalue weighted by Gasteiger charge is -2.17. The molecule has 0 aliphatic rings. The van der Waals surface area contributed by atoms with E-state index in [1.807, 2.05) is 0 Å². The lowest BCUT2D eigenvalue weighted by Crippen LogP contribution is -2.39. The molecule has 0 atom stereocenters. The summed E-state index contributed by atoms with van der Waals surface area (Å²) in [6.45, 7) is 0.0656. The lowest BCUT2D eigenvalue weighted by molar-refractivity contribution is -0.137. The summed E-state index contributed by atoms with van der Waals surface area (Å²) in [5, 5.41) is 4.57. The number of hydrogen-bond donors (Lipinski definition) is 2. The van der Waals surface area contributed by atoms with Crippen LogP contribution in [-0.4, -0.2) is 43.4 Å². The molecule has 162 valence electrons. The van der Waals surface area contributed by atoms with E-state index in [0.717, 1.165) is 17.7 Å². The minimum Gasteiger partial charge on any atom is -0.355 e. The second kappa shape index (κ2) is 10.4. The monoisotopic (exact) mass is 445 g/mol. The maximum absolute atomic E-state index is 12.9. The maximum Gasteiger partial charge on any atom is 0.417 e. The van der Waals surface area contributed by atoms with E-state index >= 15 is 0 Å². The minimum absolute atomic E-state index is 0.0473. The van der Waals surface area contributed by atoms with Crippen molar-refractivity contribution in [1.29, 1.82) is 0 Å². The lowest BCUT2D eigenvalue weighted by atomic mass is 10.1. The molecule has 0 spiro atoms. The van der Waals surface area contributed by atoms with Crippen molar-refractivity contribution in [2.45, 2.75) is 12.6 Å². The van der Waals surface area contributed by atoms with Crippen molar-refractivity contribution in [3.05, 3.63) is 64.4 Å². The van der Waals surface area contributed by atoms with Gasteiger partial charge in [-0.3, -0.25) is 14.5 Å². The van der Waals surface area contributed by atoms with Crippen LogP contribution in [0.3, 0.4) is 0 Å². The molecule has 0 unspecified atom stereocenters. The summed E-state index contributed by atoms with van der Waals surface area (Å²) in [6.07, 6.45) is -4.12. The molecular formula is C20H20ClF4N3O2. The highest BCUT2D eigenvalue weighted by Gasteiger charge is 2.33. The molecule has 10 heteroatoms. The molecule has 2 aromatic carbocycles. The number of hydrogen-bond acceptors (Lipinski definition) is 3. The van der Waals surface area contributed by atoms with Gasteiger partial charge in [-0.25, -0.2) is 4.39 Å². The Labute approximate surface area is 176 Å². The van der Waals surface area contributed by atoms with Gasteiger partial charge in [0.2, 0.25) is 11.8 Å². The average molecular weight is 446 g/mol. The van der Waals surface area contributed by atoms with Crippen molar-refractivity contribution in [3.63, 3.8) is 0 Å². The number of nitrogens with zero attached hydrogens (tertiary/aromatic N) is 1. The molecule has 5 nitrogen and oxygen atoms in total. The van der Waals surface area contributed by atoms with Gasteiger partial charge in [0.25, 0.3) is 0 Å². The van der Waals surface area contributed by atoms with E-state index in [4.69, 9.17) is 11.6 Å². The predicted octanol–water partition coefficient (Wildman–Crippen LogP) is 3.73. The summed E-state index contributed by atoms with van der Waals surface area (Å²) in [4.78, 5) is 25.4. The average Bonchev–Trinajstić information content (AvgIpc) is 2.63. The van der Waals surface area contributed by atoms with Crippen molar-refractivity contribution < 1.29 is 27.2 Å². The molecule has 2 rings (SSSR count). The van der Waals surface area contributed by atoms with E-state index in [1.54, 1.807) is 12.1 Å². The van der Waals surface area contributed by atoms with Gasteiger partial charge in [-0.1, -0.05) is 23.7 Å². The molecule has 0 heterocycles. The highest BCUT2D eigenvalue weighted by molar-refractivity contribution is 6.31. The Bertz CT molecular complexity index is 889. The Kier molecular flexibility index (Phi) is 8.19. The first-order valence-corrected chi connectivity index (χ1v) is 9.28. The third-order valence-electron chi connectivity index (χ3n) is 4.03. The zero-order valence-electron chi connectivity index (χ0n) is 16.0. The van der Waals surface area contributed by atoms with E-state index in [1.165, 1.54) is 30.1 Å². The first-order valence-electron chi connectivity index (χ1n) is 8.91. The normalized spacial score (nSPS) is 11.4. The highest BCUT2D eigenvalue weighted by Crippen LogP contribution is 2.36. The summed E-state index contributed by atoms with van der Waals surface area (Å²) < 4.78 is 51.5. The van der Waals surface area contributed by atoms with Crippen LogP contribution in [0.5, 0.6) is 0 Å². The Balaban J connectivity index is 1.77. The van der Waals surface area contributed by atoms with Gasteiger partial charge < -0.3 is 10.6 Å². The van der Waals surface area contributed by atoms with Crippen LogP contribution in [0.4, 0.5) is 23.2 Å². The van der Waals surface area contributed by atoms with Gasteiger partial charge in [-0.15, -0.1) is 0 Å². The Hall–Kier alpha value is -2.65. The number of anilines is 1. The summed E-state index contributed by atoms with van der Waals surface area (Å²) in [7, 11) is 1.53. The van der Waals surface area contributed by atoms with E-state index in [2.05, 4.69) is 10.6 Å². The summed E-state index contributed by atoms with van der Waals surface area (Å²) in [6, 6.07) is 8.99. The molecular weight excluding hydrogens is 426 g/mol. The molecule has 0 saturated heterocycles. The van der Waals surface area contributed by atoms with Gasteiger partial charge in [0.1, 0.15) is 5.82 Å². The third-order valence-corrected chi connectivity index (χ3v) is 4.36. The number of amides is 2. The van der Waals surface area contributed by atoms with Gasteiger partial charge >= 0.3 is 6.18 Å². The highest BCUT2D eigenvalue weighted by atomic mass is 35.5. The number of carbonyl (C=O) groups is 2. The Morgan fingerprint density at radius 3 is 2.30 bits per heavy atom. The first kappa shape index (κ1) is 23.6. The van der Waals surface area contributed by atoms with Gasteiger partial charge in [0.15, 0.2) is 0 Å². The molecule has 2 aromatic rings. The van der Waals surface area contributed by atoms with E-state index < -0.39 is 22.7 Å². The molecule has 0 radical (unpaired) electrons. The van der Waals surface area contributed by atoms with Crippen LogP contribution in [0.25, 0.3) is 0 Å². The van der Waals surface area contributed by atoms with Crippen molar-refractivity contribution in [3.8, 4) is 0 Å². The summed E-state index contributed by atoms with van der Waals surface area (Å²) in [5.41, 5.74) is -0.227. The number of rotatable bonds is 8. The largest absolute Gasteiger partial charge is 0.417 e.